The molecule has 1 amide bonds. The average Bonchev–Trinajstić information content (AvgIpc) is 3.14. The largest absolute Gasteiger partial charge is 1.00 e. The van der Waals surface area contributed by atoms with Crippen molar-refractivity contribution >= 4 is 22.0 Å². The minimum Gasteiger partial charge on any atom is -0.748 e. The van der Waals surface area contributed by atoms with E-state index in [1.54, 1.807) is 0 Å². The van der Waals surface area contributed by atoms with E-state index in [0.717, 1.165) is 37.7 Å². The van der Waals surface area contributed by atoms with Crippen LogP contribution in [0.25, 0.3) is 0 Å². The van der Waals surface area contributed by atoms with Crippen molar-refractivity contribution in [2.75, 3.05) is 12.3 Å². The number of esters is 1. The van der Waals surface area contributed by atoms with Gasteiger partial charge in [-0.2, -0.15) is 0 Å². The summed E-state index contributed by atoms with van der Waals surface area (Å²) in [5.74, 6) is -0.902. The van der Waals surface area contributed by atoms with Crippen LogP contribution in [-0.4, -0.2) is 65.7 Å². The van der Waals surface area contributed by atoms with Gasteiger partial charge < -0.3 is 24.8 Å². The standard InChI is InChI=1S/C33H55NO8S.Na/c1-19(2)9-8-10-22(30(38)34-15-16-43(39,40)41)28-24-17-26(37)29-31(5)13-12-25(36)20(3)23(31)11-14-32(29,6)33(24,7)18-27(28)42-21(4)35;/h19-20,23-27,29,36-37H,8-18H2,1-7H3,(H,34,38)(H,39,40,41);/q;+1/p-1/b28-22-;/t20-,23-,24-,25+,26+,27+,29-,31-,32-,33-;/m0./s1. The molecule has 0 aromatic heterocycles. The van der Waals surface area contributed by atoms with Crippen molar-refractivity contribution in [1.82, 2.24) is 5.32 Å². The fourth-order valence-electron chi connectivity index (χ4n) is 10.4. The van der Waals surface area contributed by atoms with Crippen LogP contribution < -0.4 is 34.9 Å². The zero-order valence-corrected chi connectivity index (χ0v) is 31.0. The van der Waals surface area contributed by atoms with Crippen LogP contribution in [0.15, 0.2) is 11.1 Å². The Morgan fingerprint density at radius 1 is 1.09 bits per heavy atom. The topological polar surface area (TPSA) is 153 Å². The van der Waals surface area contributed by atoms with E-state index < -0.39 is 40.0 Å². The normalized spacial score (nSPS) is 41.1. The third-order valence-corrected chi connectivity index (χ3v) is 13.2. The molecule has 4 saturated carbocycles. The summed E-state index contributed by atoms with van der Waals surface area (Å²) in [6, 6.07) is 0. The average molecular weight is 648 g/mol. The molecule has 0 spiro atoms. The molecule has 4 aliphatic carbocycles. The second-order valence-electron chi connectivity index (χ2n) is 15.3. The van der Waals surface area contributed by atoms with Gasteiger partial charge in [-0.05, 0) is 103 Å². The minimum atomic E-state index is -4.50. The number of nitrogens with one attached hydrogen (secondary N) is 1. The Hall–Kier alpha value is -0.490. The first-order valence-electron chi connectivity index (χ1n) is 16.3. The van der Waals surface area contributed by atoms with Gasteiger partial charge in [0.05, 0.1) is 28.1 Å². The number of hydrogen-bond acceptors (Lipinski definition) is 8. The maximum Gasteiger partial charge on any atom is 1.00 e. The summed E-state index contributed by atoms with van der Waals surface area (Å²) < 4.78 is 39.7. The summed E-state index contributed by atoms with van der Waals surface area (Å²) in [6.45, 7) is 14.3. The number of ether oxygens (including phenoxy) is 1. The van der Waals surface area contributed by atoms with E-state index in [1.165, 1.54) is 6.92 Å². The van der Waals surface area contributed by atoms with E-state index in [1.807, 2.05) is 0 Å². The molecule has 0 aliphatic heterocycles. The van der Waals surface area contributed by atoms with Crippen molar-refractivity contribution < 1.29 is 67.1 Å². The molecule has 4 rings (SSSR count). The maximum absolute atomic E-state index is 13.8. The number of hydrogen-bond donors (Lipinski definition) is 3. The number of carbonyl (C=O) groups excluding carboxylic acids is 2. The molecule has 4 aliphatic rings. The monoisotopic (exact) mass is 647 g/mol. The zero-order valence-electron chi connectivity index (χ0n) is 28.1. The van der Waals surface area contributed by atoms with Gasteiger partial charge in [0.25, 0.3) is 0 Å². The van der Waals surface area contributed by atoms with Crippen LogP contribution in [0.5, 0.6) is 0 Å². The fourth-order valence-corrected chi connectivity index (χ4v) is 10.7. The molecule has 4 fully saturated rings. The third kappa shape index (κ3) is 7.02. The first kappa shape index (κ1) is 38.0. The Balaban J connectivity index is 0.00000529. The second-order valence-corrected chi connectivity index (χ2v) is 16.8. The predicted octanol–water partition coefficient (Wildman–Crippen LogP) is 1.33. The maximum atomic E-state index is 13.8. The number of fused-ring (bicyclic) bond motifs is 5. The molecule has 0 aromatic rings. The van der Waals surface area contributed by atoms with Gasteiger partial charge in [-0.3, -0.25) is 9.59 Å². The van der Waals surface area contributed by atoms with Crippen molar-refractivity contribution in [3.8, 4) is 0 Å². The summed E-state index contributed by atoms with van der Waals surface area (Å²) in [5.41, 5.74) is 0.416. The van der Waals surface area contributed by atoms with Gasteiger partial charge in [-0.1, -0.05) is 48.0 Å². The van der Waals surface area contributed by atoms with Crippen molar-refractivity contribution in [2.45, 2.75) is 125 Å². The number of amides is 1. The number of aliphatic hydroxyl groups is 2. The summed E-state index contributed by atoms with van der Waals surface area (Å²) in [6.07, 6.45) is 4.81. The van der Waals surface area contributed by atoms with Gasteiger partial charge in [0, 0.05) is 19.0 Å². The Labute approximate surface area is 286 Å². The number of rotatable bonds is 9. The molecule has 3 N–H and O–H groups in total. The molecule has 0 heterocycles. The second kappa shape index (κ2) is 13.9. The minimum absolute atomic E-state index is 0. The quantitative estimate of drug-likeness (QED) is 0.147. The van der Waals surface area contributed by atoms with Crippen LogP contribution in [0.3, 0.4) is 0 Å². The van der Waals surface area contributed by atoms with Crippen LogP contribution in [0.1, 0.15) is 106 Å². The van der Waals surface area contributed by atoms with Crippen molar-refractivity contribution in [2.24, 2.45) is 45.8 Å². The van der Waals surface area contributed by atoms with E-state index in [2.05, 4.69) is 46.9 Å². The molecule has 10 atom stereocenters. The van der Waals surface area contributed by atoms with Gasteiger partial charge >= 0.3 is 35.5 Å². The van der Waals surface area contributed by atoms with Crippen molar-refractivity contribution in [3.05, 3.63) is 11.1 Å². The Kier molecular flexibility index (Phi) is 12.0. The summed E-state index contributed by atoms with van der Waals surface area (Å²) in [5, 5.41) is 25.5. The van der Waals surface area contributed by atoms with E-state index in [9.17, 15) is 32.8 Å². The van der Waals surface area contributed by atoms with E-state index in [4.69, 9.17) is 4.74 Å². The molecule has 9 nitrogen and oxygen atoms in total. The van der Waals surface area contributed by atoms with E-state index in [-0.39, 0.29) is 76.2 Å². The van der Waals surface area contributed by atoms with E-state index in [0.29, 0.717) is 43.1 Å². The van der Waals surface area contributed by atoms with Crippen LogP contribution >= 0.6 is 0 Å². The fraction of sp³-hybridized carbons (Fsp3) is 0.879. The van der Waals surface area contributed by atoms with Gasteiger partial charge in [0.1, 0.15) is 6.10 Å². The molecule has 0 bridgehead atoms. The third-order valence-electron chi connectivity index (χ3n) is 12.5. The molecular weight excluding hydrogens is 593 g/mol. The van der Waals surface area contributed by atoms with Crippen LogP contribution in [-0.2, 0) is 24.4 Å². The predicted molar refractivity (Wildman–Crippen MR) is 163 cm³/mol. The molecule has 246 valence electrons. The first-order chi connectivity index (χ1) is 19.9. The van der Waals surface area contributed by atoms with Crippen LogP contribution in [0.2, 0.25) is 0 Å². The van der Waals surface area contributed by atoms with Crippen molar-refractivity contribution in [1.29, 1.82) is 0 Å². The smallest absolute Gasteiger partial charge is 0.748 e. The molecule has 0 saturated heterocycles. The molecule has 11 heteroatoms. The number of aliphatic hydroxyl groups excluding tert-OH is 2. The number of carbonyl (C=O) groups is 2. The van der Waals surface area contributed by atoms with Gasteiger partial charge in [-0.15, -0.1) is 0 Å². The van der Waals surface area contributed by atoms with Gasteiger partial charge in [0.15, 0.2) is 0 Å². The van der Waals surface area contributed by atoms with Gasteiger partial charge in [-0.25, -0.2) is 8.42 Å². The molecule has 44 heavy (non-hydrogen) atoms. The SMILES string of the molecule is CC(=O)O[C@@H]1C[C@@]2(C)[C@@H](C[C@@H](O)[C@H]3[C@@]4(C)CC[C@@H](O)[C@@H](C)[C@@H]4CC[C@@]32C)/C1=C(\CCCC(C)C)C(=O)NCCS(=O)(=O)[O-].[Na+]. The molecular formula is C33H54NNaO8S. The Morgan fingerprint density at radius 3 is 2.34 bits per heavy atom. The summed E-state index contributed by atoms with van der Waals surface area (Å²) in [4.78, 5) is 26.2. The zero-order chi connectivity index (χ0) is 32.1. The van der Waals surface area contributed by atoms with Gasteiger partial charge in [0.2, 0.25) is 5.91 Å². The molecule has 0 unspecified atom stereocenters. The summed E-state index contributed by atoms with van der Waals surface area (Å²) >= 11 is 0. The molecule has 0 aromatic carbocycles. The first-order valence-corrected chi connectivity index (χ1v) is 17.9. The summed E-state index contributed by atoms with van der Waals surface area (Å²) in [7, 11) is -4.50. The van der Waals surface area contributed by atoms with E-state index >= 15 is 0 Å². The molecule has 0 radical (unpaired) electrons. The Bertz CT molecular complexity index is 1220. The van der Waals surface area contributed by atoms with Crippen LogP contribution in [0.4, 0.5) is 0 Å². The van der Waals surface area contributed by atoms with Crippen molar-refractivity contribution in [3.63, 3.8) is 0 Å². The Morgan fingerprint density at radius 2 is 1.75 bits per heavy atom. The van der Waals surface area contributed by atoms with Crippen LogP contribution in [0, 0.1) is 45.8 Å².